The summed E-state index contributed by atoms with van der Waals surface area (Å²) < 4.78 is 6.13. The average molecular weight is 239 g/mol. The van der Waals surface area contributed by atoms with Gasteiger partial charge in [-0.25, -0.2) is 0 Å². The van der Waals surface area contributed by atoms with Crippen LogP contribution in [0.1, 0.15) is 59.3 Å². The molecule has 0 heterocycles. The van der Waals surface area contributed by atoms with E-state index in [0.717, 1.165) is 19.1 Å². The van der Waals surface area contributed by atoms with Crippen molar-refractivity contribution in [2.75, 3.05) is 13.2 Å². The van der Waals surface area contributed by atoms with E-state index in [2.05, 4.69) is 26.1 Å². The summed E-state index contributed by atoms with van der Waals surface area (Å²) in [6, 6.07) is 0.620. The molecule has 2 rings (SSSR count). The van der Waals surface area contributed by atoms with Crippen LogP contribution in [0.2, 0.25) is 0 Å². The topological polar surface area (TPSA) is 21.3 Å². The molecule has 0 amide bonds. The Morgan fingerprint density at radius 3 is 2.35 bits per heavy atom. The second kappa shape index (κ2) is 5.71. The minimum absolute atomic E-state index is 0.530. The van der Waals surface area contributed by atoms with Crippen molar-refractivity contribution >= 4 is 0 Å². The molecule has 1 unspecified atom stereocenters. The van der Waals surface area contributed by atoms with E-state index in [9.17, 15) is 0 Å². The van der Waals surface area contributed by atoms with Crippen LogP contribution in [0.5, 0.6) is 0 Å². The van der Waals surface area contributed by atoms with Crippen molar-refractivity contribution in [3.63, 3.8) is 0 Å². The zero-order valence-corrected chi connectivity index (χ0v) is 11.8. The normalized spacial score (nSPS) is 27.0. The molecule has 2 fully saturated rings. The first-order valence-electron chi connectivity index (χ1n) is 7.46. The largest absolute Gasteiger partial charge is 0.377 e. The molecule has 0 bridgehead atoms. The molecule has 0 spiro atoms. The van der Waals surface area contributed by atoms with Crippen LogP contribution in [0, 0.1) is 11.3 Å². The van der Waals surface area contributed by atoms with Gasteiger partial charge in [-0.15, -0.1) is 0 Å². The lowest BCUT2D eigenvalue weighted by atomic mass is 9.76. The summed E-state index contributed by atoms with van der Waals surface area (Å²) in [4.78, 5) is 0. The molecule has 0 aromatic rings. The van der Waals surface area contributed by atoms with E-state index in [-0.39, 0.29) is 0 Å². The van der Waals surface area contributed by atoms with Gasteiger partial charge in [0.05, 0.1) is 12.7 Å². The molecule has 0 saturated heterocycles. The zero-order chi connectivity index (χ0) is 12.3. The monoisotopic (exact) mass is 239 g/mol. The van der Waals surface area contributed by atoms with Crippen LogP contribution in [0.25, 0.3) is 0 Å². The molecule has 0 radical (unpaired) electrons. The van der Waals surface area contributed by atoms with Crippen LogP contribution in [0.4, 0.5) is 0 Å². The third kappa shape index (κ3) is 4.26. The number of hydrogen-bond donors (Lipinski definition) is 1. The Morgan fingerprint density at radius 1 is 1.18 bits per heavy atom. The van der Waals surface area contributed by atoms with E-state index in [0.29, 0.717) is 17.6 Å². The Bertz CT molecular complexity index is 225. The van der Waals surface area contributed by atoms with Gasteiger partial charge in [-0.2, -0.15) is 0 Å². The number of likely N-dealkylation sites (N-methyl/N-ethyl adjacent to an activating group) is 1. The molecule has 1 atom stereocenters. The summed E-state index contributed by atoms with van der Waals surface area (Å²) in [6.07, 6.45) is 8.51. The standard InChI is InChI=1S/C15H29NO/c1-4-16-14(12-5-6-12)11-17-13-7-9-15(2,3)10-8-13/h12-14,16H,4-11H2,1-3H3. The van der Waals surface area contributed by atoms with Crippen molar-refractivity contribution < 1.29 is 4.74 Å². The fraction of sp³-hybridized carbons (Fsp3) is 1.00. The average Bonchev–Trinajstić information content (AvgIpc) is 3.10. The molecule has 1 N–H and O–H groups in total. The van der Waals surface area contributed by atoms with Crippen molar-refractivity contribution in [1.82, 2.24) is 5.32 Å². The van der Waals surface area contributed by atoms with Crippen molar-refractivity contribution in [2.24, 2.45) is 11.3 Å². The van der Waals surface area contributed by atoms with Crippen molar-refractivity contribution in [2.45, 2.75) is 71.4 Å². The van der Waals surface area contributed by atoms with Gasteiger partial charge in [-0.05, 0) is 56.4 Å². The summed E-state index contributed by atoms with van der Waals surface area (Å²) >= 11 is 0. The van der Waals surface area contributed by atoms with E-state index in [1.165, 1.54) is 38.5 Å². The summed E-state index contributed by atoms with van der Waals surface area (Å²) in [6.45, 7) is 8.97. The molecule has 2 saturated carbocycles. The second-order valence-electron chi connectivity index (χ2n) is 6.70. The Hall–Kier alpha value is -0.0800. The highest BCUT2D eigenvalue weighted by atomic mass is 16.5. The lowest BCUT2D eigenvalue weighted by Gasteiger charge is -2.34. The van der Waals surface area contributed by atoms with Gasteiger partial charge >= 0.3 is 0 Å². The second-order valence-corrected chi connectivity index (χ2v) is 6.70. The van der Waals surface area contributed by atoms with Crippen LogP contribution < -0.4 is 5.32 Å². The van der Waals surface area contributed by atoms with Gasteiger partial charge in [-0.1, -0.05) is 20.8 Å². The third-order valence-electron chi connectivity index (χ3n) is 4.46. The van der Waals surface area contributed by atoms with E-state index in [1.807, 2.05) is 0 Å². The van der Waals surface area contributed by atoms with E-state index in [4.69, 9.17) is 4.74 Å². The molecule has 100 valence electrons. The van der Waals surface area contributed by atoms with Crippen molar-refractivity contribution in [3.05, 3.63) is 0 Å². The number of hydrogen-bond acceptors (Lipinski definition) is 2. The summed E-state index contributed by atoms with van der Waals surface area (Å²) in [5.74, 6) is 0.898. The number of nitrogens with one attached hydrogen (secondary N) is 1. The zero-order valence-electron chi connectivity index (χ0n) is 11.8. The van der Waals surface area contributed by atoms with Gasteiger partial charge in [0.25, 0.3) is 0 Å². The van der Waals surface area contributed by atoms with Crippen LogP contribution in [-0.2, 0) is 4.74 Å². The molecule has 2 aliphatic rings. The Kier molecular flexibility index (Phi) is 4.48. The minimum Gasteiger partial charge on any atom is -0.377 e. The van der Waals surface area contributed by atoms with Crippen LogP contribution >= 0.6 is 0 Å². The maximum atomic E-state index is 6.13. The van der Waals surface area contributed by atoms with E-state index in [1.54, 1.807) is 0 Å². The first-order valence-corrected chi connectivity index (χ1v) is 7.46. The maximum absolute atomic E-state index is 6.13. The van der Waals surface area contributed by atoms with Gasteiger partial charge < -0.3 is 10.1 Å². The predicted octanol–water partition coefficient (Wildman–Crippen LogP) is 3.36. The highest BCUT2D eigenvalue weighted by molar-refractivity contribution is 4.87. The van der Waals surface area contributed by atoms with E-state index >= 15 is 0 Å². The van der Waals surface area contributed by atoms with Crippen LogP contribution in [-0.4, -0.2) is 25.3 Å². The van der Waals surface area contributed by atoms with Crippen LogP contribution in [0.3, 0.4) is 0 Å². The van der Waals surface area contributed by atoms with Crippen molar-refractivity contribution in [1.29, 1.82) is 0 Å². The minimum atomic E-state index is 0.530. The SMILES string of the molecule is CCNC(COC1CCC(C)(C)CC1)C1CC1. The lowest BCUT2D eigenvalue weighted by molar-refractivity contribution is -0.00772. The molecule has 0 aliphatic heterocycles. The highest BCUT2D eigenvalue weighted by Crippen LogP contribution is 2.37. The van der Waals surface area contributed by atoms with E-state index < -0.39 is 0 Å². The molecule has 2 nitrogen and oxygen atoms in total. The summed E-state index contributed by atoms with van der Waals surface area (Å²) in [5, 5.41) is 3.58. The predicted molar refractivity (Wildman–Crippen MR) is 72.2 cm³/mol. The summed E-state index contributed by atoms with van der Waals surface area (Å²) in [7, 11) is 0. The Balaban J connectivity index is 1.67. The van der Waals surface area contributed by atoms with Gasteiger partial charge in [0.2, 0.25) is 0 Å². The highest BCUT2D eigenvalue weighted by Gasteiger charge is 2.32. The number of ether oxygens (including phenoxy) is 1. The first kappa shape index (κ1) is 13.4. The molecular formula is C15H29NO. The molecular weight excluding hydrogens is 210 g/mol. The lowest BCUT2D eigenvalue weighted by Crippen LogP contribution is -2.37. The molecule has 0 aromatic carbocycles. The van der Waals surface area contributed by atoms with Gasteiger partial charge in [0, 0.05) is 6.04 Å². The van der Waals surface area contributed by atoms with Crippen LogP contribution in [0.15, 0.2) is 0 Å². The molecule has 17 heavy (non-hydrogen) atoms. The maximum Gasteiger partial charge on any atom is 0.0626 e. The quantitative estimate of drug-likeness (QED) is 0.767. The van der Waals surface area contributed by atoms with Crippen molar-refractivity contribution in [3.8, 4) is 0 Å². The molecule has 2 aliphatic carbocycles. The third-order valence-corrected chi connectivity index (χ3v) is 4.46. The first-order chi connectivity index (χ1) is 8.11. The molecule has 0 aromatic heterocycles. The summed E-state index contributed by atoms with van der Waals surface area (Å²) in [5.41, 5.74) is 0.553. The fourth-order valence-electron chi connectivity index (χ4n) is 2.90. The molecule has 2 heteroatoms. The Labute approximate surface area is 107 Å². The fourth-order valence-corrected chi connectivity index (χ4v) is 2.90. The smallest absolute Gasteiger partial charge is 0.0626 e. The van der Waals surface area contributed by atoms with Gasteiger partial charge in [0.1, 0.15) is 0 Å². The number of rotatable bonds is 6. The van der Waals surface area contributed by atoms with Gasteiger partial charge in [-0.3, -0.25) is 0 Å². The Morgan fingerprint density at radius 2 is 1.82 bits per heavy atom. The van der Waals surface area contributed by atoms with Gasteiger partial charge in [0.15, 0.2) is 0 Å².